The number of amides is 2. The van der Waals surface area contributed by atoms with E-state index in [2.05, 4.69) is 0 Å². The van der Waals surface area contributed by atoms with Gasteiger partial charge in [-0.2, -0.15) is 5.26 Å². The topological polar surface area (TPSA) is 61.2 Å². The Labute approximate surface area is 138 Å². The van der Waals surface area contributed by atoms with Crippen LogP contribution in [0.25, 0.3) is 5.57 Å². The second-order valence-corrected chi connectivity index (χ2v) is 5.54. The maximum Gasteiger partial charge on any atom is 0.277 e. The highest BCUT2D eigenvalue weighted by molar-refractivity contribution is 6.60. The van der Waals surface area contributed by atoms with Gasteiger partial charge in [-0.3, -0.25) is 9.59 Å². The highest BCUT2D eigenvalue weighted by Crippen LogP contribution is 2.34. The summed E-state index contributed by atoms with van der Waals surface area (Å²) in [4.78, 5) is 26.1. The van der Waals surface area contributed by atoms with E-state index in [-0.39, 0.29) is 10.6 Å². The van der Waals surface area contributed by atoms with Crippen LogP contribution in [0.3, 0.4) is 0 Å². The van der Waals surface area contributed by atoms with Crippen LogP contribution in [0.2, 0.25) is 0 Å². The average Bonchev–Trinajstić information content (AvgIpc) is 2.78. The molecule has 0 saturated heterocycles. The molecule has 23 heavy (non-hydrogen) atoms. The summed E-state index contributed by atoms with van der Waals surface area (Å²) in [7, 11) is 0. The number of hydrogen-bond acceptors (Lipinski definition) is 3. The van der Waals surface area contributed by atoms with E-state index in [1.165, 1.54) is 0 Å². The summed E-state index contributed by atoms with van der Waals surface area (Å²) in [5.41, 5.74) is 2.69. The van der Waals surface area contributed by atoms with Crippen molar-refractivity contribution in [1.82, 2.24) is 0 Å². The third-order valence-electron chi connectivity index (χ3n) is 3.62. The lowest BCUT2D eigenvalue weighted by Crippen LogP contribution is -2.31. The van der Waals surface area contributed by atoms with E-state index in [0.717, 1.165) is 10.5 Å². The Hall–Kier alpha value is -2.90. The second kappa shape index (κ2) is 5.71. The third-order valence-corrected chi connectivity index (χ3v) is 3.97. The van der Waals surface area contributed by atoms with E-state index in [4.69, 9.17) is 16.9 Å². The Kier molecular flexibility index (Phi) is 3.73. The van der Waals surface area contributed by atoms with Gasteiger partial charge in [0.15, 0.2) is 0 Å². The summed E-state index contributed by atoms with van der Waals surface area (Å²) >= 11 is 6.12. The first kappa shape index (κ1) is 15.0. The van der Waals surface area contributed by atoms with Gasteiger partial charge in [0.1, 0.15) is 5.03 Å². The van der Waals surface area contributed by atoms with Crippen molar-refractivity contribution in [2.45, 2.75) is 6.92 Å². The van der Waals surface area contributed by atoms with Crippen molar-refractivity contribution in [3.63, 3.8) is 0 Å². The summed E-state index contributed by atoms with van der Waals surface area (Å²) in [6.45, 7) is 1.93. The van der Waals surface area contributed by atoms with Crippen LogP contribution < -0.4 is 4.90 Å². The molecule has 0 spiro atoms. The zero-order chi connectivity index (χ0) is 16.6. The van der Waals surface area contributed by atoms with Gasteiger partial charge in [0, 0.05) is 0 Å². The van der Waals surface area contributed by atoms with E-state index in [1.807, 2.05) is 25.1 Å². The van der Waals surface area contributed by atoms with Crippen LogP contribution in [-0.2, 0) is 9.59 Å². The second-order valence-electron chi connectivity index (χ2n) is 5.16. The maximum atomic E-state index is 12.7. The Bertz CT molecular complexity index is 875. The van der Waals surface area contributed by atoms with Crippen LogP contribution in [0.4, 0.5) is 5.69 Å². The number of imide groups is 1. The molecule has 2 aromatic rings. The predicted molar refractivity (Wildman–Crippen MR) is 87.6 cm³/mol. The number of aryl methyl sites for hydroxylation is 1. The monoisotopic (exact) mass is 322 g/mol. The van der Waals surface area contributed by atoms with Crippen LogP contribution >= 0.6 is 11.6 Å². The van der Waals surface area contributed by atoms with Gasteiger partial charge in [0.05, 0.1) is 22.9 Å². The number of halogens is 1. The first-order valence-corrected chi connectivity index (χ1v) is 7.26. The van der Waals surface area contributed by atoms with Gasteiger partial charge in [-0.05, 0) is 36.8 Å². The molecule has 3 rings (SSSR count). The smallest absolute Gasteiger partial charge is 0.268 e. The fourth-order valence-electron chi connectivity index (χ4n) is 2.39. The minimum Gasteiger partial charge on any atom is -0.268 e. The average molecular weight is 323 g/mol. The molecule has 112 valence electrons. The molecule has 0 unspecified atom stereocenters. The molecule has 2 aromatic carbocycles. The van der Waals surface area contributed by atoms with Gasteiger partial charge in [-0.15, -0.1) is 0 Å². The fourth-order valence-corrected chi connectivity index (χ4v) is 2.67. The number of nitriles is 1. The van der Waals surface area contributed by atoms with Crippen molar-refractivity contribution < 1.29 is 9.59 Å². The van der Waals surface area contributed by atoms with E-state index in [1.54, 1.807) is 36.4 Å². The number of benzene rings is 2. The first-order chi connectivity index (χ1) is 11.0. The van der Waals surface area contributed by atoms with Crippen molar-refractivity contribution in [1.29, 1.82) is 5.26 Å². The Morgan fingerprint density at radius 1 is 0.957 bits per heavy atom. The molecular weight excluding hydrogens is 312 g/mol. The fraction of sp³-hybridized carbons (Fsp3) is 0.0556. The lowest BCUT2D eigenvalue weighted by molar-refractivity contribution is -0.119. The summed E-state index contributed by atoms with van der Waals surface area (Å²) in [5, 5.41) is 8.73. The van der Waals surface area contributed by atoms with Crippen molar-refractivity contribution in [3.8, 4) is 6.07 Å². The van der Waals surface area contributed by atoms with Crippen molar-refractivity contribution in [3.05, 3.63) is 70.3 Å². The van der Waals surface area contributed by atoms with E-state index in [0.29, 0.717) is 16.8 Å². The van der Waals surface area contributed by atoms with E-state index >= 15 is 0 Å². The van der Waals surface area contributed by atoms with Crippen molar-refractivity contribution in [2.75, 3.05) is 4.90 Å². The number of hydrogen-bond donors (Lipinski definition) is 0. The van der Waals surface area contributed by atoms with Crippen molar-refractivity contribution >= 4 is 34.7 Å². The normalized spacial score (nSPS) is 14.4. The Morgan fingerprint density at radius 3 is 2.13 bits per heavy atom. The quantitative estimate of drug-likeness (QED) is 0.796. The minimum atomic E-state index is -0.558. The van der Waals surface area contributed by atoms with Gasteiger partial charge in [-0.25, -0.2) is 4.90 Å². The van der Waals surface area contributed by atoms with E-state index < -0.39 is 11.8 Å². The third kappa shape index (κ3) is 2.52. The minimum absolute atomic E-state index is 0.0942. The molecule has 1 aliphatic heterocycles. The summed E-state index contributed by atoms with van der Waals surface area (Å²) in [5.74, 6) is -1.02. The van der Waals surface area contributed by atoms with Gasteiger partial charge in [0.2, 0.25) is 0 Å². The molecule has 0 fully saturated rings. The molecule has 1 aliphatic rings. The first-order valence-electron chi connectivity index (χ1n) is 6.88. The van der Waals surface area contributed by atoms with Gasteiger partial charge < -0.3 is 0 Å². The lowest BCUT2D eigenvalue weighted by atomic mass is 10.0. The molecule has 4 nitrogen and oxygen atoms in total. The number of carbonyl (C=O) groups is 2. The molecule has 0 saturated carbocycles. The van der Waals surface area contributed by atoms with Crippen LogP contribution in [0.5, 0.6) is 0 Å². The molecule has 2 amide bonds. The number of anilines is 1. The Morgan fingerprint density at radius 2 is 1.57 bits per heavy atom. The molecule has 1 heterocycles. The van der Waals surface area contributed by atoms with Gasteiger partial charge >= 0.3 is 0 Å². The molecular formula is C18H11ClN2O2. The lowest BCUT2D eigenvalue weighted by Gasteiger charge is -2.14. The van der Waals surface area contributed by atoms with Gasteiger partial charge in [0.25, 0.3) is 11.8 Å². The molecule has 0 bridgehead atoms. The van der Waals surface area contributed by atoms with Crippen LogP contribution in [0, 0.1) is 18.3 Å². The summed E-state index contributed by atoms with van der Waals surface area (Å²) in [6.07, 6.45) is 0. The number of carbonyl (C=O) groups excluding carboxylic acids is 2. The van der Waals surface area contributed by atoms with Crippen LogP contribution in [0.15, 0.2) is 53.6 Å². The molecule has 0 aromatic heterocycles. The van der Waals surface area contributed by atoms with Crippen molar-refractivity contribution in [2.24, 2.45) is 0 Å². The SMILES string of the molecule is Cc1ccc(C2=C(Cl)C(=O)N(c3ccc(C#N)cc3)C2=O)cc1. The van der Waals surface area contributed by atoms with E-state index in [9.17, 15) is 9.59 Å². The zero-order valence-corrected chi connectivity index (χ0v) is 13.0. The molecule has 0 radical (unpaired) electrons. The molecule has 0 atom stereocenters. The molecule has 5 heteroatoms. The van der Waals surface area contributed by atoms with Gasteiger partial charge in [-0.1, -0.05) is 41.4 Å². The standard InChI is InChI=1S/C18H11ClN2O2/c1-11-2-6-13(7-3-11)15-16(19)18(23)21(17(15)22)14-8-4-12(10-20)5-9-14/h2-9H,1H3. The largest absolute Gasteiger partial charge is 0.277 e. The highest BCUT2D eigenvalue weighted by atomic mass is 35.5. The number of nitrogens with zero attached hydrogens (tertiary/aromatic N) is 2. The zero-order valence-electron chi connectivity index (χ0n) is 12.2. The molecule has 0 N–H and O–H groups in total. The van der Waals surface area contributed by atoms with Crippen LogP contribution in [0.1, 0.15) is 16.7 Å². The maximum absolute atomic E-state index is 12.7. The van der Waals surface area contributed by atoms with Crippen LogP contribution in [-0.4, -0.2) is 11.8 Å². The Balaban J connectivity index is 2.01. The highest BCUT2D eigenvalue weighted by Gasteiger charge is 2.39. The summed E-state index contributed by atoms with van der Waals surface area (Å²) in [6, 6.07) is 15.4. The predicted octanol–water partition coefficient (Wildman–Crippen LogP) is 3.39. The number of rotatable bonds is 2. The molecule has 0 aliphatic carbocycles. The summed E-state index contributed by atoms with van der Waals surface area (Å²) < 4.78 is 0.